The lowest BCUT2D eigenvalue weighted by atomic mass is 10.2. The van der Waals surface area contributed by atoms with Crippen molar-refractivity contribution < 1.29 is 13.2 Å². The standard InChI is InChI=1S/C10H15F3N4.ClH/c1-7-5-14-2-3-17(7)6-8-4-9(16-15-8)10(11,12)13;/h4,7,14H,2-3,5-6H2,1H3,(H,15,16);1H/t7-;/m1./s1. The molecule has 18 heavy (non-hydrogen) atoms. The SMILES string of the molecule is C[C@@H]1CNCCN1Cc1cc(C(F)(F)F)n[nH]1.Cl. The third kappa shape index (κ3) is 3.60. The molecule has 0 unspecified atom stereocenters. The summed E-state index contributed by atoms with van der Waals surface area (Å²) in [6.07, 6.45) is -4.37. The average molecular weight is 285 g/mol. The topological polar surface area (TPSA) is 44.0 Å². The molecule has 1 aliphatic heterocycles. The van der Waals surface area contributed by atoms with Gasteiger partial charge in [0.2, 0.25) is 0 Å². The smallest absolute Gasteiger partial charge is 0.314 e. The summed E-state index contributed by atoms with van der Waals surface area (Å²) in [5.41, 5.74) is -0.346. The van der Waals surface area contributed by atoms with E-state index in [0.29, 0.717) is 18.3 Å². The van der Waals surface area contributed by atoms with Crippen LogP contribution in [0.25, 0.3) is 0 Å². The average Bonchev–Trinajstić information content (AvgIpc) is 2.69. The molecule has 104 valence electrons. The van der Waals surface area contributed by atoms with E-state index in [1.165, 1.54) is 0 Å². The second-order valence-corrected chi connectivity index (χ2v) is 4.30. The van der Waals surface area contributed by atoms with Crippen LogP contribution >= 0.6 is 12.4 Å². The maximum Gasteiger partial charge on any atom is 0.435 e. The Morgan fingerprint density at radius 1 is 1.50 bits per heavy atom. The van der Waals surface area contributed by atoms with Crippen molar-refractivity contribution >= 4 is 12.4 Å². The summed E-state index contributed by atoms with van der Waals surface area (Å²) < 4.78 is 37.1. The fourth-order valence-electron chi connectivity index (χ4n) is 1.92. The molecular formula is C10H16ClF3N4. The second kappa shape index (κ2) is 5.90. The molecule has 0 spiro atoms. The zero-order valence-electron chi connectivity index (χ0n) is 9.92. The highest BCUT2D eigenvalue weighted by atomic mass is 35.5. The zero-order valence-corrected chi connectivity index (χ0v) is 10.7. The normalized spacial score (nSPS) is 21.7. The Balaban J connectivity index is 0.00000162. The monoisotopic (exact) mass is 284 g/mol. The van der Waals surface area contributed by atoms with Crippen LogP contribution in [0.5, 0.6) is 0 Å². The largest absolute Gasteiger partial charge is 0.435 e. The molecule has 0 bridgehead atoms. The lowest BCUT2D eigenvalue weighted by molar-refractivity contribution is -0.141. The second-order valence-electron chi connectivity index (χ2n) is 4.30. The van der Waals surface area contributed by atoms with Crippen LogP contribution in [0.4, 0.5) is 13.2 Å². The minimum atomic E-state index is -4.37. The van der Waals surface area contributed by atoms with E-state index in [0.717, 1.165) is 25.7 Å². The first-order chi connectivity index (χ1) is 7.97. The van der Waals surface area contributed by atoms with E-state index in [-0.39, 0.29) is 12.4 Å². The van der Waals surface area contributed by atoms with Gasteiger partial charge in [-0.05, 0) is 13.0 Å². The zero-order chi connectivity index (χ0) is 12.5. The van der Waals surface area contributed by atoms with Crippen molar-refractivity contribution in [2.75, 3.05) is 19.6 Å². The number of nitrogens with zero attached hydrogens (tertiary/aromatic N) is 2. The van der Waals surface area contributed by atoms with Crippen molar-refractivity contribution in [1.82, 2.24) is 20.4 Å². The number of nitrogens with one attached hydrogen (secondary N) is 2. The van der Waals surface area contributed by atoms with Gasteiger partial charge in [-0.15, -0.1) is 12.4 Å². The Kier molecular flexibility index (Phi) is 5.01. The predicted octanol–water partition coefficient (Wildman–Crippen LogP) is 1.64. The summed E-state index contributed by atoms with van der Waals surface area (Å²) in [5.74, 6) is 0. The van der Waals surface area contributed by atoms with Crippen molar-refractivity contribution in [3.05, 3.63) is 17.5 Å². The molecule has 0 aromatic carbocycles. The Morgan fingerprint density at radius 2 is 2.22 bits per heavy atom. The molecule has 1 atom stereocenters. The van der Waals surface area contributed by atoms with Gasteiger partial charge < -0.3 is 5.32 Å². The maximum absolute atomic E-state index is 12.4. The minimum absolute atomic E-state index is 0. The summed E-state index contributed by atoms with van der Waals surface area (Å²) in [4.78, 5) is 2.13. The lowest BCUT2D eigenvalue weighted by Crippen LogP contribution is -2.49. The van der Waals surface area contributed by atoms with Gasteiger partial charge >= 0.3 is 6.18 Å². The van der Waals surface area contributed by atoms with E-state index in [9.17, 15) is 13.2 Å². The fourth-order valence-corrected chi connectivity index (χ4v) is 1.92. The van der Waals surface area contributed by atoms with E-state index in [1.807, 2.05) is 6.92 Å². The molecule has 2 N–H and O–H groups in total. The van der Waals surface area contributed by atoms with Crippen LogP contribution in [0.1, 0.15) is 18.3 Å². The van der Waals surface area contributed by atoms with E-state index in [1.54, 1.807) is 0 Å². The summed E-state index contributed by atoms with van der Waals surface area (Å²) >= 11 is 0. The van der Waals surface area contributed by atoms with Gasteiger partial charge in [0, 0.05) is 37.9 Å². The molecule has 0 radical (unpaired) electrons. The number of hydrogen-bond donors (Lipinski definition) is 2. The molecule has 0 aliphatic carbocycles. The highest BCUT2D eigenvalue weighted by Crippen LogP contribution is 2.27. The predicted molar refractivity (Wildman–Crippen MR) is 63.6 cm³/mol. The summed E-state index contributed by atoms with van der Waals surface area (Å²) in [6, 6.07) is 1.40. The van der Waals surface area contributed by atoms with Crippen LogP contribution in [0.3, 0.4) is 0 Å². The first-order valence-corrected chi connectivity index (χ1v) is 5.53. The van der Waals surface area contributed by atoms with Gasteiger partial charge in [0.15, 0.2) is 5.69 Å². The molecule has 8 heteroatoms. The first kappa shape index (κ1) is 15.3. The molecular weight excluding hydrogens is 269 g/mol. The van der Waals surface area contributed by atoms with Crippen LogP contribution in [0.2, 0.25) is 0 Å². The first-order valence-electron chi connectivity index (χ1n) is 5.53. The molecule has 1 aromatic rings. The van der Waals surface area contributed by atoms with E-state index in [2.05, 4.69) is 20.4 Å². The van der Waals surface area contributed by atoms with Crippen molar-refractivity contribution in [3.8, 4) is 0 Å². The molecule has 1 aliphatic rings. The molecule has 2 rings (SSSR count). The van der Waals surface area contributed by atoms with Crippen molar-refractivity contribution in [2.24, 2.45) is 0 Å². The quantitative estimate of drug-likeness (QED) is 0.868. The van der Waals surface area contributed by atoms with E-state index in [4.69, 9.17) is 0 Å². The number of aromatic nitrogens is 2. The highest BCUT2D eigenvalue weighted by Gasteiger charge is 2.34. The van der Waals surface area contributed by atoms with Gasteiger partial charge in [-0.25, -0.2) is 0 Å². The van der Waals surface area contributed by atoms with Gasteiger partial charge in [0.05, 0.1) is 0 Å². The Hall–Kier alpha value is -0.790. The Bertz CT molecular complexity index is 379. The van der Waals surface area contributed by atoms with Gasteiger partial charge in [-0.3, -0.25) is 10.00 Å². The van der Waals surface area contributed by atoms with Gasteiger partial charge in [0.25, 0.3) is 0 Å². The minimum Gasteiger partial charge on any atom is -0.314 e. The van der Waals surface area contributed by atoms with Crippen molar-refractivity contribution in [1.29, 1.82) is 0 Å². The summed E-state index contributed by atoms with van der Waals surface area (Å²) in [7, 11) is 0. The van der Waals surface area contributed by atoms with Gasteiger partial charge in [-0.1, -0.05) is 0 Å². The Morgan fingerprint density at radius 3 is 2.78 bits per heavy atom. The summed E-state index contributed by atoms with van der Waals surface area (Å²) in [6.45, 7) is 5.09. The van der Waals surface area contributed by atoms with E-state index < -0.39 is 11.9 Å². The molecule has 4 nitrogen and oxygen atoms in total. The Labute approximate surface area is 109 Å². The number of piperazine rings is 1. The highest BCUT2D eigenvalue weighted by molar-refractivity contribution is 5.85. The van der Waals surface area contributed by atoms with E-state index >= 15 is 0 Å². The molecule has 2 heterocycles. The van der Waals surface area contributed by atoms with Crippen LogP contribution < -0.4 is 5.32 Å². The lowest BCUT2D eigenvalue weighted by Gasteiger charge is -2.33. The van der Waals surface area contributed by atoms with Crippen molar-refractivity contribution in [3.63, 3.8) is 0 Å². The molecule has 1 fully saturated rings. The van der Waals surface area contributed by atoms with Crippen LogP contribution in [-0.2, 0) is 12.7 Å². The van der Waals surface area contributed by atoms with Gasteiger partial charge in [0.1, 0.15) is 0 Å². The van der Waals surface area contributed by atoms with Crippen molar-refractivity contribution in [2.45, 2.75) is 25.7 Å². The number of hydrogen-bond acceptors (Lipinski definition) is 3. The molecule has 0 amide bonds. The molecule has 0 saturated carbocycles. The number of H-pyrrole nitrogens is 1. The number of alkyl halides is 3. The molecule has 1 aromatic heterocycles. The number of rotatable bonds is 2. The molecule has 1 saturated heterocycles. The van der Waals surface area contributed by atoms with Crippen LogP contribution in [0, 0.1) is 0 Å². The summed E-state index contributed by atoms with van der Waals surface area (Å²) in [5, 5.41) is 8.97. The number of aromatic amines is 1. The van der Waals surface area contributed by atoms with Crippen LogP contribution in [-0.4, -0.2) is 40.8 Å². The number of halogens is 4. The van der Waals surface area contributed by atoms with Crippen LogP contribution in [0.15, 0.2) is 6.07 Å². The fraction of sp³-hybridized carbons (Fsp3) is 0.700. The van der Waals surface area contributed by atoms with Gasteiger partial charge in [-0.2, -0.15) is 18.3 Å². The third-order valence-electron chi connectivity index (χ3n) is 2.93. The third-order valence-corrected chi connectivity index (χ3v) is 2.93. The maximum atomic E-state index is 12.4.